The number of nitrogens with one attached hydrogen (secondary N) is 2. The van der Waals surface area contributed by atoms with Crippen LogP contribution in [0.4, 0.5) is 0 Å². The van der Waals surface area contributed by atoms with Gasteiger partial charge in [-0.3, -0.25) is 4.99 Å². The second kappa shape index (κ2) is 15.5. The fourth-order valence-electron chi connectivity index (χ4n) is 2.35. The van der Waals surface area contributed by atoms with Crippen molar-refractivity contribution in [3.8, 4) is 5.75 Å². The molecule has 148 valence electrons. The molecule has 0 aliphatic carbocycles. The Morgan fingerprint density at radius 1 is 0.962 bits per heavy atom. The van der Waals surface area contributed by atoms with E-state index in [1.807, 2.05) is 25.1 Å². The molecule has 0 unspecified atom stereocenters. The van der Waals surface area contributed by atoms with E-state index in [0.717, 1.165) is 44.1 Å². The maximum atomic E-state index is 5.65. The van der Waals surface area contributed by atoms with Crippen molar-refractivity contribution in [3.63, 3.8) is 0 Å². The second-order valence-electron chi connectivity index (χ2n) is 5.79. The van der Waals surface area contributed by atoms with Crippen molar-refractivity contribution in [1.29, 1.82) is 0 Å². The minimum atomic E-state index is 0.630. The number of aliphatic imine (C=N–C) groups is 1. The van der Waals surface area contributed by atoms with Crippen LogP contribution in [-0.4, -0.2) is 59.1 Å². The van der Waals surface area contributed by atoms with Crippen LogP contribution in [0.2, 0.25) is 0 Å². The van der Waals surface area contributed by atoms with Crippen molar-refractivity contribution in [3.05, 3.63) is 29.8 Å². The summed E-state index contributed by atoms with van der Waals surface area (Å²) in [5.74, 6) is 1.73. The third kappa shape index (κ3) is 10.3. The van der Waals surface area contributed by atoms with Gasteiger partial charge in [-0.1, -0.05) is 31.5 Å². The SMILES string of the molecule is CCCCOCCOCCNC(=NC)NCCc1ccccc1OCC. The Kier molecular flexibility index (Phi) is 13.2. The van der Waals surface area contributed by atoms with Crippen LogP contribution in [0.5, 0.6) is 5.75 Å². The Hall–Kier alpha value is -1.79. The number of para-hydroxylation sites is 1. The van der Waals surface area contributed by atoms with Crippen LogP contribution in [-0.2, 0) is 15.9 Å². The van der Waals surface area contributed by atoms with Crippen LogP contribution in [0.15, 0.2) is 29.3 Å². The van der Waals surface area contributed by atoms with Crippen molar-refractivity contribution in [2.24, 2.45) is 4.99 Å². The van der Waals surface area contributed by atoms with Crippen LogP contribution < -0.4 is 15.4 Å². The predicted octanol–water partition coefficient (Wildman–Crippen LogP) is 2.63. The number of rotatable bonds is 14. The molecule has 6 nitrogen and oxygen atoms in total. The normalized spacial score (nSPS) is 11.4. The summed E-state index contributed by atoms with van der Waals surface area (Å²) in [5, 5.41) is 6.56. The molecule has 0 aromatic heterocycles. The van der Waals surface area contributed by atoms with E-state index in [9.17, 15) is 0 Å². The van der Waals surface area contributed by atoms with Crippen molar-refractivity contribution in [2.75, 3.05) is 53.2 Å². The Balaban J connectivity index is 2.12. The summed E-state index contributed by atoms with van der Waals surface area (Å²) < 4.78 is 16.6. The number of hydrogen-bond acceptors (Lipinski definition) is 4. The molecule has 0 aliphatic rings. The first-order valence-electron chi connectivity index (χ1n) is 9.62. The molecule has 26 heavy (non-hydrogen) atoms. The highest BCUT2D eigenvalue weighted by Crippen LogP contribution is 2.17. The van der Waals surface area contributed by atoms with E-state index in [2.05, 4.69) is 28.6 Å². The van der Waals surface area contributed by atoms with Gasteiger partial charge in [0.05, 0.1) is 26.4 Å². The zero-order chi connectivity index (χ0) is 18.9. The molecule has 0 aliphatic heterocycles. The molecule has 2 N–H and O–H groups in total. The van der Waals surface area contributed by atoms with E-state index in [0.29, 0.717) is 33.0 Å². The van der Waals surface area contributed by atoms with Gasteiger partial charge in [-0.2, -0.15) is 0 Å². The largest absolute Gasteiger partial charge is 0.494 e. The average Bonchev–Trinajstić information content (AvgIpc) is 2.66. The summed E-state index contributed by atoms with van der Waals surface area (Å²) in [6, 6.07) is 8.14. The molecule has 0 saturated carbocycles. The monoisotopic (exact) mass is 365 g/mol. The highest BCUT2D eigenvalue weighted by molar-refractivity contribution is 5.79. The van der Waals surface area contributed by atoms with Gasteiger partial charge in [0, 0.05) is 26.7 Å². The lowest BCUT2D eigenvalue weighted by Gasteiger charge is -2.13. The van der Waals surface area contributed by atoms with Gasteiger partial charge in [0.1, 0.15) is 5.75 Å². The smallest absolute Gasteiger partial charge is 0.191 e. The lowest BCUT2D eigenvalue weighted by molar-refractivity contribution is 0.0487. The van der Waals surface area contributed by atoms with Gasteiger partial charge in [-0.25, -0.2) is 0 Å². The molecule has 1 aromatic rings. The van der Waals surface area contributed by atoms with Crippen molar-refractivity contribution in [1.82, 2.24) is 10.6 Å². The molecule has 6 heteroatoms. The number of benzene rings is 1. The molecule has 0 atom stereocenters. The molecule has 0 amide bonds. The number of nitrogens with zero attached hydrogens (tertiary/aromatic N) is 1. The van der Waals surface area contributed by atoms with E-state index in [4.69, 9.17) is 14.2 Å². The second-order valence-corrected chi connectivity index (χ2v) is 5.79. The maximum absolute atomic E-state index is 5.65. The van der Waals surface area contributed by atoms with Gasteiger partial charge in [0.15, 0.2) is 5.96 Å². The Morgan fingerprint density at radius 2 is 1.69 bits per heavy atom. The van der Waals surface area contributed by atoms with Crippen LogP contribution >= 0.6 is 0 Å². The van der Waals surface area contributed by atoms with E-state index < -0.39 is 0 Å². The Bertz CT molecular complexity index is 495. The molecule has 0 spiro atoms. The first-order valence-corrected chi connectivity index (χ1v) is 9.62. The molecule has 0 fully saturated rings. The number of guanidine groups is 1. The van der Waals surface area contributed by atoms with E-state index in [1.165, 1.54) is 5.56 Å². The maximum Gasteiger partial charge on any atom is 0.191 e. The minimum absolute atomic E-state index is 0.630. The van der Waals surface area contributed by atoms with Crippen LogP contribution in [0.25, 0.3) is 0 Å². The number of hydrogen-bond donors (Lipinski definition) is 2. The summed E-state index contributed by atoms with van der Waals surface area (Å²) in [6.45, 7) is 9.08. The molecular formula is C20H35N3O3. The van der Waals surface area contributed by atoms with Crippen molar-refractivity contribution < 1.29 is 14.2 Å². The summed E-state index contributed by atoms with van der Waals surface area (Å²) in [5.41, 5.74) is 1.20. The minimum Gasteiger partial charge on any atom is -0.494 e. The summed E-state index contributed by atoms with van der Waals surface area (Å²) in [4.78, 5) is 4.23. The fourth-order valence-corrected chi connectivity index (χ4v) is 2.35. The van der Waals surface area contributed by atoms with Gasteiger partial charge < -0.3 is 24.8 Å². The van der Waals surface area contributed by atoms with E-state index in [-0.39, 0.29) is 0 Å². The molecule has 1 aromatic carbocycles. The highest BCUT2D eigenvalue weighted by atomic mass is 16.5. The summed E-state index contributed by atoms with van der Waals surface area (Å²) in [6.07, 6.45) is 3.15. The van der Waals surface area contributed by atoms with Crippen LogP contribution in [0.3, 0.4) is 0 Å². The third-order valence-corrected chi connectivity index (χ3v) is 3.74. The van der Waals surface area contributed by atoms with Gasteiger partial charge >= 0.3 is 0 Å². The Labute approximate surface area is 158 Å². The van der Waals surface area contributed by atoms with Crippen molar-refractivity contribution in [2.45, 2.75) is 33.1 Å². The third-order valence-electron chi connectivity index (χ3n) is 3.74. The van der Waals surface area contributed by atoms with Crippen molar-refractivity contribution >= 4 is 5.96 Å². The number of ether oxygens (including phenoxy) is 3. The first kappa shape index (κ1) is 22.3. The highest BCUT2D eigenvalue weighted by Gasteiger charge is 2.03. The topological polar surface area (TPSA) is 64.1 Å². The molecule has 0 bridgehead atoms. The molecule has 0 saturated heterocycles. The molecule has 0 heterocycles. The molecular weight excluding hydrogens is 330 g/mol. The molecule has 1 rings (SSSR count). The average molecular weight is 366 g/mol. The lowest BCUT2D eigenvalue weighted by Crippen LogP contribution is -2.39. The first-order chi connectivity index (χ1) is 12.8. The lowest BCUT2D eigenvalue weighted by atomic mass is 10.1. The summed E-state index contributed by atoms with van der Waals surface area (Å²) >= 11 is 0. The number of unbranched alkanes of at least 4 members (excludes halogenated alkanes) is 1. The van der Waals surface area contributed by atoms with Gasteiger partial charge in [0.2, 0.25) is 0 Å². The van der Waals surface area contributed by atoms with Crippen LogP contribution in [0.1, 0.15) is 32.3 Å². The predicted molar refractivity (Wildman–Crippen MR) is 107 cm³/mol. The summed E-state index contributed by atoms with van der Waals surface area (Å²) in [7, 11) is 1.77. The van der Waals surface area contributed by atoms with Gasteiger partial charge in [0.25, 0.3) is 0 Å². The Morgan fingerprint density at radius 3 is 2.42 bits per heavy atom. The van der Waals surface area contributed by atoms with Gasteiger partial charge in [-0.15, -0.1) is 0 Å². The quantitative estimate of drug-likeness (QED) is 0.301. The zero-order valence-electron chi connectivity index (χ0n) is 16.6. The fraction of sp³-hybridized carbons (Fsp3) is 0.650. The molecule has 0 radical (unpaired) electrons. The van der Waals surface area contributed by atoms with E-state index in [1.54, 1.807) is 7.05 Å². The van der Waals surface area contributed by atoms with Gasteiger partial charge in [-0.05, 0) is 31.4 Å². The van der Waals surface area contributed by atoms with E-state index >= 15 is 0 Å². The zero-order valence-corrected chi connectivity index (χ0v) is 16.6. The van der Waals surface area contributed by atoms with Crippen LogP contribution in [0, 0.1) is 0 Å². The standard InChI is InChI=1S/C20H35N3O3/c1-4-6-14-24-16-17-25-15-13-23-20(21-3)22-12-11-18-9-7-8-10-19(18)26-5-2/h7-10H,4-6,11-17H2,1-3H3,(H2,21,22,23).